The van der Waals surface area contributed by atoms with E-state index in [4.69, 9.17) is 10.7 Å². The van der Waals surface area contributed by atoms with Crippen LogP contribution in [0, 0.1) is 12.7 Å². The van der Waals surface area contributed by atoms with E-state index in [2.05, 4.69) is 20.4 Å². The van der Waals surface area contributed by atoms with Crippen molar-refractivity contribution in [3.05, 3.63) is 94.8 Å². The van der Waals surface area contributed by atoms with Crippen LogP contribution in [0.15, 0.2) is 71.9 Å². The molecule has 0 spiro atoms. The van der Waals surface area contributed by atoms with E-state index in [1.165, 1.54) is 17.0 Å². The first-order chi connectivity index (χ1) is 17.0. The molecule has 3 heterocycles. The van der Waals surface area contributed by atoms with Crippen LogP contribution in [0.3, 0.4) is 0 Å². The monoisotopic (exact) mass is 470 g/mol. The number of nitrogens with zero attached hydrogens (tertiary/aromatic N) is 6. The smallest absolute Gasteiger partial charge is 0.269 e. The van der Waals surface area contributed by atoms with Crippen LogP contribution in [-0.4, -0.2) is 29.3 Å². The second-order valence-corrected chi connectivity index (χ2v) is 8.04. The fraction of sp³-hybridized carbons (Fsp3) is 0.160. The number of aryl methyl sites for hydroxylation is 1. The minimum atomic E-state index is -0.614. The topological polar surface area (TPSA) is 117 Å². The van der Waals surface area contributed by atoms with Crippen molar-refractivity contribution >= 4 is 22.5 Å². The van der Waals surface area contributed by atoms with Crippen molar-refractivity contribution in [3.8, 4) is 11.4 Å². The lowest BCUT2D eigenvalue weighted by Crippen LogP contribution is -2.29. The third-order valence-electron chi connectivity index (χ3n) is 5.72. The summed E-state index contributed by atoms with van der Waals surface area (Å²) in [5, 5.41) is 7.75. The van der Waals surface area contributed by atoms with Gasteiger partial charge in [-0.15, -0.1) is 0 Å². The number of nitrogen functional groups attached to an aromatic ring is 1. The highest BCUT2D eigenvalue weighted by Gasteiger charge is 2.24. The molecule has 0 bridgehead atoms. The molecule has 0 aliphatic heterocycles. The molecule has 176 valence electrons. The quantitative estimate of drug-likeness (QED) is 0.386. The van der Waals surface area contributed by atoms with Crippen LogP contribution in [0.5, 0.6) is 0 Å². The van der Waals surface area contributed by atoms with Crippen LogP contribution in [-0.2, 0) is 0 Å². The Morgan fingerprint density at radius 1 is 1.09 bits per heavy atom. The van der Waals surface area contributed by atoms with E-state index in [1.807, 2.05) is 38.1 Å². The Balaban J connectivity index is 1.71. The van der Waals surface area contributed by atoms with Crippen molar-refractivity contribution in [2.75, 3.05) is 11.1 Å². The maximum absolute atomic E-state index is 14.7. The first-order valence-electron chi connectivity index (χ1n) is 11.1. The Morgan fingerprint density at radius 3 is 2.60 bits per heavy atom. The van der Waals surface area contributed by atoms with E-state index >= 15 is 0 Å². The first-order valence-corrected chi connectivity index (χ1v) is 11.1. The van der Waals surface area contributed by atoms with Crippen molar-refractivity contribution in [2.24, 2.45) is 0 Å². The summed E-state index contributed by atoms with van der Waals surface area (Å²) in [7, 11) is 0. The Morgan fingerprint density at radius 2 is 1.89 bits per heavy atom. The summed E-state index contributed by atoms with van der Waals surface area (Å²) < 4.78 is 17.7. The zero-order valence-corrected chi connectivity index (χ0v) is 19.2. The molecule has 5 rings (SSSR count). The van der Waals surface area contributed by atoms with Crippen molar-refractivity contribution in [1.82, 2.24) is 29.3 Å². The first kappa shape index (κ1) is 22.2. The number of halogens is 1. The summed E-state index contributed by atoms with van der Waals surface area (Å²) >= 11 is 0. The summed E-state index contributed by atoms with van der Waals surface area (Å²) in [6.07, 6.45) is 3.67. The minimum Gasteiger partial charge on any atom is -0.382 e. The van der Waals surface area contributed by atoms with E-state index in [0.29, 0.717) is 29.4 Å². The largest absolute Gasteiger partial charge is 0.382 e. The highest BCUT2D eigenvalue weighted by atomic mass is 19.1. The summed E-state index contributed by atoms with van der Waals surface area (Å²) in [5.74, 6) is 0.480. The van der Waals surface area contributed by atoms with Crippen molar-refractivity contribution in [3.63, 3.8) is 0 Å². The lowest BCUT2D eigenvalue weighted by Gasteiger charge is -2.23. The highest BCUT2D eigenvalue weighted by molar-refractivity contribution is 5.79. The van der Waals surface area contributed by atoms with Gasteiger partial charge in [-0.3, -0.25) is 9.36 Å². The van der Waals surface area contributed by atoms with E-state index < -0.39 is 17.4 Å². The molecular weight excluding hydrogens is 447 g/mol. The number of hydrogen-bond donors (Lipinski definition) is 2. The lowest BCUT2D eigenvalue weighted by molar-refractivity contribution is 0.629. The summed E-state index contributed by atoms with van der Waals surface area (Å²) in [5.41, 5.74) is 7.86. The molecule has 1 atom stereocenters. The van der Waals surface area contributed by atoms with E-state index in [9.17, 15) is 9.18 Å². The Hall–Kier alpha value is -4.60. The van der Waals surface area contributed by atoms with Gasteiger partial charge in [-0.25, -0.2) is 24.0 Å². The van der Waals surface area contributed by atoms with Gasteiger partial charge in [0.05, 0.1) is 22.9 Å². The zero-order chi connectivity index (χ0) is 24.5. The molecule has 0 unspecified atom stereocenters. The molecule has 2 aromatic carbocycles. The van der Waals surface area contributed by atoms with Gasteiger partial charge in [0.2, 0.25) is 0 Å². The Labute approximate surface area is 200 Å². The number of rotatable bonds is 6. The third kappa shape index (κ3) is 3.99. The number of hydrogen-bond acceptors (Lipinski definition) is 7. The molecule has 0 aliphatic rings. The molecule has 3 N–H and O–H groups in total. The van der Waals surface area contributed by atoms with Gasteiger partial charge >= 0.3 is 0 Å². The van der Waals surface area contributed by atoms with Crippen molar-refractivity contribution in [1.29, 1.82) is 0 Å². The minimum absolute atomic E-state index is 0.0612. The van der Waals surface area contributed by atoms with Crippen molar-refractivity contribution < 1.29 is 4.39 Å². The summed E-state index contributed by atoms with van der Waals surface area (Å²) in [4.78, 5) is 26.8. The van der Waals surface area contributed by atoms with Gasteiger partial charge in [0.15, 0.2) is 11.6 Å². The molecule has 9 nitrogen and oxygen atoms in total. The van der Waals surface area contributed by atoms with Gasteiger partial charge in [0.25, 0.3) is 5.56 Å². The number of aromatic nitrogens is 6. The van der Waals surface area contributed by atoms with E-state index in [0.717, 1.165) is 5.69 Å². The second kappa shape index (κ2) is 8.98. The molecule has 5 aromatic rings. The average Bonchev–Trinajstić information content (AvgIpc) is 3.28. The van der Waals surface area contributed by atoms with E-state index in [1.54, 1.807) is 35.1 Å². The highest BCUT2D eigenvalue weighted by Crippen LogP contribution is 2.29. The SMILES string of the molecule is CC[C@H](Nc1ncnc(N)c1-n1ccc(C)n1)c1nc2cccc(F)c2c(=O)n1-c1ccccc1. The van der Waals surface area contributed by atoms with Crippen molar-refractivity contribution in [2.45, 2.75) is 26.3 Å². The zero-order valence-electron chi connectivity index (χ0n) is 19.2. The summed E-state index contributed by atoms with van der Waals surface area (Å²) in [6, 6.07) is 14.9. The van der Waals surface area contributed by atoms with Crippen LogP contribution in [0.25, 0.3) is 22.3 Å². The van der Waals surface area contributed by atoms with Crippen LogP contribution in [0.1, 0.15) is 30.9 Å². The average molecular weight is 471 g/mol. The van der Waals surface area contributed by atoms with Gasteiger partial charge in [-0.2, -0.15) is 5.10 Å². The molecule has 10 heteroatoms. The molecular formula is C25H23FN8O. The maximum Gasteiger partial charge on any atom is 0.269 e. The normalized spacial score (nSPS) is 12.1. The number of fused-ring (bicyclic) bond motifs is 1. The predicted octanol–water partition coefficient (Wildman–Crippen LogP) is 3.95. The maximum atomic E-state index is 14.7. The summed E-state index contributed by atoms with van der Waals surface area (Å²) in [6.45, 7) is 3.83. The van der Waals surface area contributed by atoms with Gasteiger partial charge in [0.1, 0.15) is 29.0 Å². The number of benzene rings is 2. The van der Waals surface area contributed by atoms with Crippen LogP contribution in [0.2, 0.25) is 0 Å². The number of nitrogens with one attached hydrogen (secondary N) is 1. The van der Waals surface area contributed by atoms with Crippen LogP contribution < -0.4 is 16.6 Å². The van der Waals surface area contributed by atoms with Crippen LogP contribution in [0.4, 0.5) is 16.0 Å². The Bertz CT molecular complexity index is 1580. The van der Waals surface area contributed by atoms with E-state index in [-0.39, 0.29) is 16.7 Å². The lowest BCUT2D eigenvalue weighted by atomic mass is 10.1. The molecule has 0 radical (unpaired) electrons. The second-order valence-electron chi connectivity index (χ2n) is 8.04. The molecule has 0 aliphatic carbocycles. The molecule has 0 saturated carbocycles. The molecule has 0 saturated heterocycles. The molecule has 35 heavy (non-hydrogen) atoms. The molecule has 0 amide bonds. The fourth-order valence-electron chi connectivity index (χ4n) is 4.04. The number of para-hydroxylation sites is 1. The van der Waals surface area contributed by atoms with Gasteiger partial charge < -0.3 is 11.1 Å². The number of nitrogens with two attached hydrogens (primary N) is 1. The number of anilines is 2. The Kier molecular flexibility index (Phi) is 5.69. The van der Waals surface area contributed by atoms with Gasteiger partial charge in [0, 0.05) is 6.20 Å². The van der Waals surface area contributed by atoms with Crippen LogP contribution >= 0.6 is 0 Å². The third-order valence-corrected chi connectivity index (χ3v) is 5.72. The molecule has 0 fully saturated rings. The molecule has 3 aromatic heterocycles. The predicted molar refractivity (Wildman–Crippen MR) is 132 cm³/mol. The fourth-order valence-corrected chi connectivity index (χ4v) is 4.04. The van der Waals surface area contributed by atoms with Gasteiger partial charge in [-0.05, 0) is 43.7 Å². The standard InChI is InChI=1S/C25H23FN8O/c1-3-18(30-23-21(22(27)28-14-29-23)33-13-12-15(2)32-33)24-31-19-11-7-10-17(26)20(19)25(35)34(24)16-8-5-4-6-9-16/h4-14,18H,3H2,1-2H3,(H3,27,28,29,30)/t18-/m0/s1. The van der Waals surface area contributed by atoms with Gasteiger partial charge in [-0.1, -0.05) is 31.2 Å².